The largest absolute Gasteiger partial charge is 0.495 e. The molecular formula is C28H26ClNO5. The van der Waals surface area contributed by atoms with Gasteiger partial charge in [-0.2, -0.15) is 0 Å². The molecule has 0 saturated heterocycles. The Labute approximate surface area is 208 Å². The van der Waals surface area contributed by atoms with E-state index in [1.165, 1.54) is 7.11 Å². The van der Waals surface area contributed by atoms with Gasteiger partial charge in [-0.25, -0.2) is 0 Å². The second-order valence-corrected chi connectivity index (χ2v) is 9.51. The van der Waals surface area contributed by atoms with Crippen molar-refractivity contribution in [2.75, 3.05) is 19.0 Å². The van der Waals surface area contributed by atoms with Crippen molar-refractivity contribution in [1.82, 2.24) is 0 Å². The van der Waals surface area contributed by atoms with Crippen LogP contribution >= 0.6 is 11.6 Å². The summed E-state index contributed by atoms with van der Waals surface area (Å²) in [5.41, 5.74) is 2.37. The van der Waals surface area contributed by atoms with Gasteiger partial charge in [0.25, 0.3) is 5.91 Å². The zero-order valence-electron chi connectivity index (χ0n) is 20.0. The molecule has 180 valence electrons. The number of para-hydroxylation sites is 1. The fourth-order valence-corrected chi connectivity index (χ4v) is 3.90. The standard InChI is InChI=1S/C28H26ClNO5/c1-28(2,3)18-11-9-17(10-12-18)26-27(25(32)20-7-5-6-8-22(20)35-26)34-16-24(31)30-19-13-14-23(33-4)21(29)15-19/h5-15H,16H2,1-4H3,(H,30,31). The molecule has 0 saturated carbocycles. The van der Waals surface area contributed by atoms with Crippen LogP contribution in [0.4, 0.5) is 5.69 Å². The van der Waals surface area contributed by atoms with Crippen LogP contribution in [0, 0.1) is 0 Å². The van der Waals surface area contributed by atoms with Gasteiger partial charge in [0.2, 0.25) is 11.2 Å². The van der Waals surface area contributed by atoms with Crippen LogP contribution in [0.15, 0.2) is 75.9 Å². The number of halogens is 1. The molecule has 7 heteroatoms. The third-order valence-corrected chi connectivity index (χ3v) is 5.85. The topological polar surface area (TPSA) is 77.8 Å². The minimum absolute atomic E-state index is 0.0184. The number of anilines is 1. The Morgan fingerprint density at radius 2 is 1.74 bits per heavy atom. The molecule has 6 nitrogen and oxygen atoms in total. The molecular weight excluding hydrogens is 466 g/mol. The van der Waals surface area contributed by atoms with Crippen molar-refractivity contribution in [3.8, 4) is 22.8 Å². The van der Waals surface area contributed by atoms with Crippen LogP contribution in [0.3, 0.4) is 0 Å². The van der Waals surface area contributed by atoms with Crippen LogP contribution in [0.2, 0.25) is 5.02 Å². The lowest BCUT2D eigenvalue weighted by Gasteiger charge is -2.19. The van der Waals surface area contributed by atoms with Crippen molar-refractivity contribution in [3.05, 3.63) is 87.5 Å². The summed E-state index contributed by atoms with van der Waals surface area (Å²) in [6, 6.07) is 19.6. The molecule has 0 aliphatic carbocycles. The maximum atomic E-state index is 13.3. The molecule has 0 aliphatic heterocycles. The molecule has 1 amide bonds. The van der Waals surface area contributed by atoms with E-state index in [0.717, 1.165) is 5.56 Å². The van der Waals surface area contributed by atoms with Gasteiger partial charge in [0.05, 0.1) is 17.5 Å². The van der Waals surface area contributed by atoms with Crippen molar-refractivity contribution in [2.45, 2.75) is 26.2 Å². The summed E-state index contributed by atoms with van der Waals surface area (Å²) in [4.78, 5) is 25.9. The van der Waals surface area contributed by atoms with Gasteiger partial charge in [-0.15, -0.1) is 0 Å². The lowest BCUT2D eigenvalue weighted by molar-refractivity contribution is -0.118. The molecule has 1 heterocycles. The first-order chi connectivity index (χ1) is 16.7. The first kappa shape index (κ1) is 24.4. The van der Waals surface area contributed by atoms with Gasteiger partial charge in [-0.3, -0.25) is 9.59 Å². The number of amides is 1. The molecule has 0 fully saturated rings. The Morgan fingerprint density at radius 1 is 1.03 bits per heavy atom. The van der Waals surface area contributed by atoms with Crippen molar-refractivity contribution in [1.29, 1.82) is 0 Å². The molecule has 4 rings (SSSR count). The molecule has 0 spiro atoms. The Bertz CT molecular complexity index is 1430. The highest BCUT2D eigenvalue weighted by Gasteiger charge is 2.20. The maximum Gasteiger partial charge on any atom is 0.262 e. The third kappa shape index (κ3) is 5.33. The molecule has 0 unspecified atom stereocenters. The fraction of sp³-hybridized carbons (Fsp3) is 0.214. The summed E-state index contributed by atoms with van der Waals surface area (Å²) in [6.45, 7) is 5.99. The average Bonchev–Trinajstić information content (AvgIpc) is 2.83. The molecule has 0 atom stereocenters. The Morgan fingerprint density at radius 3 is 2.40 bits per heavy atom. The van der Waals surface area contributed by atoms with Crippen LogP contribution in [0.25, 0.3) is 22.3 Å². The van der Waals surface area contributed by atoms with E-state index in [-0.39, 0.29) is 29.0 Å². The predicted octanol–water partition coefficient (Wildman–Crippen LogP) is 6.44. The third-order valence-electron chi connectivity index (χ3n) is 5.55. The number of hydrogen-bond donors (Lipinski definition) is 1. The van der Waals surface area contributed by atoms with E-state index >= 15 is 0 Å². The highest BCUT2D eigenvalue weighted by Crippen LogP contribution is 2.33. The van der Waals surface area contributed by atoms with Gasteiger partial charge in [0.15, 0.2) is 12.4 Å². The molecule has 0 aliphatic rings. The summed E-state index contributed by atoms with van der Waals surface area (Å²) in [5, 5.41) is 3.45. The maximum absolute atomic E-state index is 13.3. The van der Waals surface area contributed by atoms with Crippen molar-refractivity contribution < 1.29 is 18.7 Å². The molecule has 35 heavy (non-hydrogen) atoms. The number of fused-ring (bicyclic) bond motifs is 1. The quantitative estimate of drug-likeness (QED) is 0.336. The Balaban J connectivity index is 1.64. The van der Waals surface area contributed by atoms with E-state index in [4.69, 9.17) is 25.5 Å². The normalized spacial score (nSPS) is 11.3. The Hall–Kier alpha value is -3.77. The lowest BCUT2D eigenvalue weighted by atomic mass is 9.86. The second-order valence-electron chi connectivity index (χ2n) is 9.10. The van der Waals surface area contributed by atoms with Crippen molar-refractivity contribution >= 4 is 34.2 Å². The molecule has 0 radical (unpaired) electrons. The monoisotopic (exact) mass is 491 g/mol. The first-order valence-electron chi connectivity index (χ1n) is 11.1. The highest BCUT2D eigenvalue weighted by molar-refractivity contribution is 6.32. The number of carbonyl (C=O) groups excluding carboxylic acids is 1. The minimum atomic E-state index is -0.451. The van der Waals surface area contributed by atoms with Gasteiger partial charge in [0.1, 0.15) is 11.3 Å². The molecule has 3 aromatic carbocycles. The number of hydrogen-bond acceptors (Lipinski definition) is 5. The van der Waals surface area contributed by atoms with E-state index in [1.54, 1.807) is 42.5 Å². The SMILES string of the molecule is COc1ccc(NC(=O)COc2c(-c3ccc(C(C)(C)C)cc3)oc3ccccc3c2=O)cc1Cl. The van der Waals surface area contributed by atoms with E-state index < -0.39 is 5.91 Å². The lowest BCUT2D eigenvalue weighted by Crippen LogP contribution is -2.22. The minimum Gasteiger partial charge on any atom is -0.495 e. The average molecular weight is 492 g/mol. The molecule has 1 aromatic heterocycles. The van der Waals surface area contributed by atoms with E-state index in [9.17, 15) is 9.59 Å². The Kier molecular flexibility index (Phi) is 6.85. The number of carbonyl (C=O) groups is 1. The number of rotatable bonds is 6. The van der Waals surface area contributed by atoms with Crippen LogP contribution in [0.1, 0.15) is 26.3 Å². The number of nitrogens with one attached hydrogen (secondary N) is 1. The van der Waals surface area contributed by atoms with Gasteiger partial charge < -0.3 is 19.2 Å². The number of ether oxygens (including phenoxy) is 2. The van der Waals surface area contributed by atoms with Gasteiger partial charge in [-0.1, -0.05) is 68.8 Å². The summed E-state index contributed by atoms with van der Waals surface area (Å²) < 4.78 is 17.0. The summed E-state index contributed by atoms with van der Waals surface area (Å²) >= 11 is 6.13. The van der Waals surface area contributed by atoms with Crippen LogP contribution in [0.5, 0.6) is 11.5 Å². The van der Waals surface area contributed by atoms with E-state index in [0.29, 0.717) is 33.0 Å². The van der Waals surface area contributed by atoms with Crippen molar-refractivity contribution in [3.63, 3.8) is 0 Å². The van der Waals surface area contributed by atoms with Gasteiger partial charge in [-0.05, 0) is 41.3 Å². The van der Waals surface area contributed by atoms with Crippen LogP contribution in [-0.4, -0.2) is 19.6 Å². The smallest absolute Gasteiger partial charge is 0.262 e. The van der Waals surface area contributed by atoms with E-state index in [2.05, 4.69) is 26.1 Å². The van der Waals surface area contributed by atoms with Crippen LogP contribution in [-0.2, 0) is 10.2 Å². The summed E-state index contributed by atoms with van der Waals surface area (Å²) in [6.07, 6.45) is 0. The summed E-state index contributed by atoms with van der Waals surface area (Å²) in [7, 11) is 1.51. The fourth-order valence-electron chi connectivity index (χ4n) is 3.65. The predicted molar refractivity (Wildman–Crippen MR) is 139 cm³/mol. The molecule has 1 N–H and O–H groups in total. The van der Waals surface area contributed by atoms with Gasteiger partial charge in [0, 0.05) is 11.3 Å². The highest BCUT2D eigenvalue weighted by atomic mass is 35.5. The first-order valence-corrected chi connectivity index (χ1v) is 11.5. The zero-order chi connectivity index (χ0) is 25.2. The number of methoxy groups -OCH3 is 1. The van der Waals surface area contributed by atoms with Crippen molar-refractivity contribution in [2.24, 2.45) is 0 Å². The second kappa shape index (κ2) is 9.84. The van der Waals surface area contributed by atoms with Gasteiger partial charge >= 0.3 is 0 Å². The van der Waals surface area contributed by atoms with E-state index in [1.807, 2.05) is 24.3 Å². The van der Waals surface area contributed by atoms with Crippen LogP contribution < -0.4 is 20.2 Å². The number of benzene rings is 3. The molecule has 0 bridgehead atoms. The summed E-state index contributed by atoms with van der Waals surface area (Å²) in [5.74, 6) is 0.300. The zero-order valence-corrected chi connectivity index (χ0v) is 20.7. The molecule has 4 aromatic rings.